The maximum atomic E-state index is 13.5. The van der Waals surface area contributed by atoms with Crippen molar-refractivity contribution >= 4 is 11.9 Å². The maximum absolute atomic E-state index is 13.5. The van der Waals surface area contributed by atoms with Gasteiger partial charge in [-0.25, -0.2) is 9.18 Å². The third kappa shape index (κ3) is 5.88. The zero-order chi connectivity index (χ0) is 15.8. The normalized spacial score (nSPS) is 10.7. The van der Waals surface area contributed by atoms with Crippen LogP contribution in [0, 0.1) is 5.82 Å². The van der Waals surface area contributed by atoms with Gasteiger partial charge in [-0.05, 0) is 6.07 Å². The van der Waals surface area contributed by atoms with E-state index in [1.807, 2.05) is 0 Å². The molecule has 1 amide bonds. The molecule has 7 heteroatoms. The number of amides is 1. The predicted molar refractivity (Wildman–Crippen MR) is 74.1 cm³/mol. The zero-order valence-corrected chi connectivity index (χ0v) is 12.1. The van der Waals surface area contributed by atoms with Gasteiger partial charge in [-0.1, -0.05) is 18.2 Å². The predicted octanol–water partition coefficient (Wildman–Crippen LogP) is 1.76. The number of hydrogen-bond acceptors (Lipinski definition) is 4. The molecule has 0 aromatic heterocycles. The van der Waals surface area contributed by atoms with Crippen LogP contribution in [0.3, 0.4) is 0 Å². The Morgan fingerprint density at radius 1 is 1.33 bits per heavy atom. The van der Waals surface area contributed by atoms with Gasteiger partial charge >= 0.3 is 6.09 Å². The second-order valence-corrected chi connectivity index (χ2v) is 4.55. The van der Waals surface area contributed by atoms with Crippen LogP contribution in [0.4, 0.5) is 9.18 Å². The number of benzene rings is 1. The number of Topliss-reactive ketones (excluding diaryl/α,β-unsaturated/α-hetero) is 1. The Balaban J connectivity index is 2.60. The van der Waals surface area contributed by atoms with E-state index in [0.29, 0.717) is 6.54 Å². The lowest BCUT2D eigenvalue weighted by Crippen LogP contribution is -2.35. The molecule has 0 radical (unpaired) electrons. The van der Waals surface area contributed by atoms with E-state index in [2.05, 4.69) is 0 Å². The molecule has 0 unspecified atom stereocenters. The summed E-state index contributed by atoms with van der Waals surface area (Å²) >= 11 is 0. The lowest BCUT2D eigenvalue weighted by molar-refractivity contribution is -0.129. The molecule has 1 aromatic carbocycles. The molecule has 116 valence electrons. The summed E-state index contributed by atoms with van der Waals surface area (Å²) in [6.45, 7) is -0.0718. The van der Waals surface area contributed by atoms with Gasteiger partial charge in [0.1, 0.15) is 5.82 Å². The molecule has 21 heavy (non-hydrogen) atoms. The number of ketones is 1. The number of carboxylic acid groups (broad SMARTS) is 1. The van der Waals surface area contributed by atoms with Gasteiger partial charge in [0.25, 0.3) is 0 Å². The SMILES string of the molecule is CON(C)CCC(=O)CN(Cc1ccccc1F)C(=O)O. The van der Waals surface area contributed by atoms with Crippen LogP contribution in [0.1, 0.15) is 12.0 Å². The summed E-state index contributed by atoms with van der Waals surface area (Å²) in [6, 6.07) is 5.89. The number of halogens is 1. The van der Waals surface area contributed by atoms with Crippen LogP contribution in [-0.4, -0.2) is 54.2 Å². The number of hydrogen-bond donors (Lipinski definition) is 1. The van der Waals surface area contributed by atoms with Crippen molar-refractivity contribution in [3.05, 3.63) is 35.6 Å². The van der Waals surface area contributed by atoms with Gasteiger partial charge in [0.15, 0.2) is 5.78 Å². The molecule has 1 aromatic rings. The van der Waals surface area contributed by atoms with Crippen molar-refractivity contribution in [3.8, 4) is 0 Å². The molecule has 0 heterocycles. The number of carbonyl (C=O) groups is 2. The van der Waals surface area contributed by atoms with Gasteiger partial charge in [-0.2, -0.15) is 5.06 Å². The van der Waals surface area contributed by atoms with Crippen LogP contribution in [0.25, 0.3) is 0 Å². The molecular weight excluding hydrogens is 279 g/mol. The first-order valence-electron chi connectivity index (χ1n) is 6.42. The van der Waals surface area contributed by atoms with Gasteiger partial charge in [0.2, 0.25) is 0 Å². The summed E-state index contributed by atoms with van der Waals surface area (Å²) in [5, 5.41) is 10.6. The van der Waals surface area contributed by atoms with E-state index >= 15 is 0 Å². The molecule has 1 N–H and O–H groups in total. The Morgan fingerprint density at radius 3 is 2.57 bits per heavy atom. The number of nitrogens with zero attached hydrogens (tertiary/aromatic N) is 2. The molecule has 0 fully saturated rings. The molecule has 0 saturated carbocycles. The minimum Gasteiger partial charge on any atom is -0.465 e. The molecule has 0 aliphatic heterocycles. The third-order valence-corrected chi connectivity index (χ3v) is 2.97. The quantitative estimate of drug-likeness (QED) is 0.741. The van der Waals surface area contributed by atoms with Crippen molar-refractivity contribution in [1.82, 2.24) is 9.96 Å². The molecule has 0 atom stereocenters. The van der Waals surface area contributed by atoms with Gasteiger partial charge in [-0.15, -0.1) is 0 Å². The summed E-state index contributed by atoms with van der Waals surface area (Å²) in [5.41, 5.74) is 0.238. The molecular formula is C14H19FN2O4. The van der Waals surface area contributed by atoms with Crippen LogP contribution in [-0.2, 0) is 16.2 Å². The lowest BCUT2D eigenvalue weighted by atomic mass is 10.2. The smallest absolute Gasteiger partial charge is 0.408 e. The Hall–Kier alpha value is -1.99. The zero-order valence-electron chi connectivity index (χ0n) is 12.1. The molecule has 0 aliphatic rings. The average molecular weight is 298 g/mol. The highest BCUT2D eigenvalue weighted by Crippen LogP contribution is 2.10. The first-order chi connectivity index (χ1) is 9.93. The topological polar surface area (TPSA) is 70.1 Å². The van der Waals surface area contributed by atoms with Gasteiger partial charge in [0.05, 0.1) is 20.2 Å². The molecule has 1 rings (SSSR count). The number of hydroxylamine groups is 2. The fraction of sp³-hybridized carbons (Fsp3) is 0.429. The molecule has 0 spiro atoms. The van der Waals surface area contributed by atoms with Crippen molar-refractivity contribution in [2.75, 3.05) is 27.2 Å². The Bertz CT molecular complexity index is 496. The van der Waals surface area contributed by atoms with Crippen LogP contribution in [0.2, 0.25) is 0 Å². The van der Waals surface area contributed by atoms with E-state index in [1.54, 1.807) is 13.1 Å². The van der Waals surface area contributed by atoms with E-state index in [1.165, 1.54) is 30.4 Å². The van der Waals surface area contributed by atoms with E-state index in [-0.39, 0.29) is 30.9 Å². The van der Waals surface area contributed by atoms with Crippen LogP contribution < -0.4 is 0 Å². The summed E-state index contributed by atoms with van der Waals surface area (Å²) < 4.78 is 13.5. The van der Waals surface area contributed by atoms with Crippen LogP contribution >= 0.6 is 0 Å². The van der Waals surface area contributed by atoms with E-state index in [4.69, 9.17) is 9.94 Å². The highest BCUT2D eigenvalue weighted by Gasteiger charge is 2.18. The summed E-state index contributed by atoms with van der Waals surface area (Å²) in [7, 11) is 3.15. The van der Waals surface area contributed by atoms with E-state index in [0.717, 1.165) is 4.90 Å². The average Bonchev–Trinajstić information content (AvgIpc) is 2.46. The van der Waals surface area contributed by atoms with Crippen LogP contribution in [0.5, 0.6) is 0 Å². The fourth-order valence-electron chi connectivity index (χ4n) is 1.69. The minimum absolute atomic E-state index is 0.158. The molecule has 6 nitrogen and oxygen atoms in total. The first kappa shape index (κ1) is 17.1. The standard InChI is InChI=1S/C14H19FN2O4/c1-16(21-2)8-7-12(18)10-17(14(19)20)9-11-5-3-4-6-13(11)15/h3-6H,7-10H2,1-2H3,(H,19,20). The first-order valence-corrected chi connectivity index (χ1v) is 6.42. The van der Waals surface area contributed by atoms with Crippen molar-refractivity contribution in [3.63, 3.8) is 0 Å². The van der Waals surface area contributed by atoms with Crippen molar-refractivity contribution in [2.24, 2.45) is 0 Å². The van der Waals surface area contributed by atoms with Crippen LogP contribution in [0.15, 0.2) is 24.3 Å². The van der Waals surface area contributed by atoms with Gasteiger partial charge < -0.3 is 9.94 Å². The maximum Gasteiger partial charge on any atom is 0.408 e. The Kier molecular flexibility index (Phi) is 6.77. The molecule has 0 saturated heterocycles. The number of rotatable bonds is 8. The van der Waals surface area contributed by atoms with Crippen molar-refractivity contribution < 1.29 is 23.9 Å². The van der Waals surface area contributed by atoms with Gasteiger partial charge in [0, 0.05) is 25.6 Å². The Labute approximate surface area is 122 Å². The highest BCUT2D eigenvalue weighted by atomic mass is 19.1. The molecule has 0 aliphatic carbocycles. The highest BCUT2D eigenvalue weighted by molar-refractivity contribution is 5.83. The Morgan fingerprint density at radius 2 is 2.00 bits per heavy atom. The summed E-state index contributed by atoms with van der Waals surface area (Å²) in [4.78, 5) is 28.7. The summed E-state index contributed by atoms with van der Waals surface area (Å²) in [6.07, 6.45) is -1.10. The minimum atomic E-state index is -1.26. The second kappa shape index (κ2) is 8.33. The third-order valence-electron chi connectivity index (χ3n) is 2.97. The second-order valence-electron chi connectivity index (χ2n) is 4.55. The van der Waals surface area contributed by atoms with Crippen molar-refractivity contribution in [1.29, 1.82) is 0 Å². The van der Waals surface area contributed by atoms with Gasteiger partial charge in [-0.3, -0.25) is 9.69 Å². The van der Waals surface area contributed by atoms with E-state index in [9.17, 15) is 14.0 Å². The lowest BCUT2D eigenvalue weighted by Gasteiger charge is -2.19. The number of carbonyl (C=O) groups excluding carboxylic acids is 1. The summed E-state index contributed by atoms with van der Waals surface area (Å²) in [5.74, 6) is -0.743. The van der Waals surface area contributed by atoms with E-state index < -0.39 is 11.9 Å². The largest absolute Gasteiger partial charge is 0.465 e. The monoisotopic (exact) mass is 298 g/mol. The molecule has 0 bridgehead atoms. The fourth-order valence-corrected chi connectivity index (χ4v) is 1.69. The van der Waals surface area contributed by atoms with Crippen molar-refractivity contribution in [2.45, 2.75) is 13.0 Å².